The van der Waals surface area contributed by atoms with Crippen LogP contribution in [-0.4, -0.2) is 0 Å². The van der Waals surface area contributed by atoms with Crippen LogP contribution in [0, 0.1) is 0 Å². The number of rotatable bonds is 8. The molecule has 0 aromatic heterocycles. The van der Waals surface area contributed by atoms with Crippen molar-refractivity contribution in [2.24, 2.45) is 0 Å². The summed E-state index contributed by atoms with van der Waals surface area (Å²) in [5.74, 6) is 0. The molecule has 0 unspecified atom stereocenters. The molecule has 0 heterocycles. The zero-order valence-electron chi connectivity index (χ0n) is 38.8. The van der Waals surface area contributed by atoms with Gasteiger partial charge >= 0.3 is 0 Å². The molecule has 0 saturated heterocycles. The maximum Gasteiger partial charge on any atom is 0.0714 e. The van der Waals surface area contributed by atoms with Gasteiger partial charge < -0.3 is 4.90 Å². The topological polar surface area (TPSA) is 3.24 Å². The second kappa shape index (κ2) is 16.1. The number of hydrogen-bond donors (Lipinski definition) is 0. The summed E-state index contributed by atoms with van der Waals surface area (Å²) in [6.45, 7) is 4.75. The average Bonchev–Trinajstić information content (AvgIpc) is 3.86. The lowest BCUT2D eigenvalue weighted by Crippen LogP contribution is -2.28. The molecule has 11 aromatic rings. The quantitative estimate of drug-likeness (QED) is 0.147. The molecular formula is C68H49N. The Labute approximate surface area is 405 Å². The van der Waals surface area contributed by atoms with E-state index in [1.807, 2.05) is 0 Å². The second-order valence-electron chi connectivity index (χ2n) is 19.2. The van der Waals surface area contributed by atoms with E-state index in [2.05, 4.69) is 280 Å². The summed E-state index contributed by atoms with van der Waals surface area (Å²) in [7, 11) is 0. The predicted octanol–water partition coefficient (Wildman–Crippen LogP) is 18.0. The normalized spacial score (nSPS) is 13.6. The number of anilines is 3. The third-order valence-corrected chi connectivity index (χ3v) is 15.1. The van der Waals surface area contributed by atoms with Gasteiger partial charge in [0.2, 0.25) is 0 Å². The van der Waals surface area contributed by atoms with Gasteiger partial charge in [0.25, 0.3) is 0 Å². The van der Waals surface area contributed by atoms with Gasteiger partial charge in [-0.05, 0) is 137 Å². The molecule has 11 aromatic carbocycles. The monoisotopic (exact) mass is 879 g/mol. The Hall–Kier alpha value is -8.52. The lowest BCUT2D eigenvalue weighted by atomic mass is 9.68. The Bertz CT molecular complexity index is 3690. The van der Waals surface area contributed by atoms with Crippen LogP contribution in [0.15, 0.2) is 261 Å². The lowest BCUT2D eigenvalue weighted by Gasteiger charge is -2.34. The van der Waals surface area contributed by atoms with E-state index in [-0.39, 0.29) is 5.41 Å². The van der Waals surface area contributed by atoms with E-state index in [4.69, 9.17) is 0 Å². The van der Waals surface area contributed by atoms with Gasteiger partial charge in [-0.2, -0.15) is 0 Å². The van der Waals surface area contributed by atoms with E-state index >= 15 is 0 Å². The standard InChI is InChI=1S/C68H49N/c1-67(2)61-30-13-11-26-58(61)59-29-16-28-57(66(59)67)48-38-42-56(43-39-48)69(55-40-36-47(37-41-55)50-20-15-21-51(44-50)52-35-34-46-18-9-10-19-49(46)45-52)64-33-17-32-63-65(64)60-27-12-14-31-62(60)68(63,53-22-5-3-6-23-53)54-24-7-4-8-25-54/h3-45H,1-2H3. The first-order valence-corrected chi connectivity index (χ1v) is 24.2. The number of hydrogen-bond acceptors (Lipinski definition) is 1. The molecule has 0 atom stereocenters. The summed E-state index contributed by atoms with van der Waals surface area (Å²) in [5, 5.41) is 2.50. The highest BCUT2D eigenvalue weighted by molar-refractivity contribution is 5.98. The van der Waals surface area contributed by atoms with Crippen molar-refractivity contribution < 1.29 is 0 Å². The summed E-state index contributed by atoms with van der Waals surface area (Å²) in [6.07, 6.45) is 0. The molecule has 326 valence electrons. The molecule has 13 rings (SSSR count). The van der Waals surface area contributed by atoms with Crippen LogP contribution in [0.25, 0.3) is 66.4 Å². The minimum atomic E-state index is -0.516. The van der Waals surface area contributed by atoms with Crippen LogP contribution >= 0.6 is 0 Å². The van der Waals surface area contributed by atoms with Crippen LogP contribution in [0.2, 0.25) is 0 Å². The SMILES string of the molecule is CC1(C)c2ccccc2-c2cccc(-c3ccc(N(c4ccc(-c5cccc(-c6ccc7ccccc7c6)c5)cc4)c4cccc5c4-c4ccccc4C5(c4ccccc4)c4ccccc4)cc3)c21. The van der Waals surface area contributed by atoms with E-state index in [1.165, 1.54) is 99.8 Å². The molecule has 1 heteroatoms. The highest BCUT2D eigenvalue weighted by Crippen LogP contribution is 2.60. The zero-order valence-corrected chi connectivity index (χ0v) is 38.8. The molecule has 0 aliphatic heterocycles. The maximum atomic E-state index is 2.48. The fraction of sp³-hybridized carbons (Fsp3) is 0.0588. The van der Waals surface area contributed by atoms with E-state index < -0.39 is 5.41 Å². The highest BCUT2D eigenvalue weighted by atomic mass is 15.1. The molecule has 0 saturated carbocycles. The molecule has 0 amide bonds. The fourth-order valence-electron chi connectivity index (χ4n) is 12.0. The number of fused-ring (bicyclic) bond motifs is 7. The van der Waals surface area contributed by atoms with E-state index in [1.54, 1.807) is 0 Å². The van der Waals surface area contributed by atoms with Crippen molar-refractivity contribution in [2.75, 3.05) is 4.90 Å². The van der Waals surface area contributed by atoms with Crippen LogP contribution in [0.5, 0.6) is 0 Å². The Morgan fingerprint density at radius 2 is 0.797 bits per heavy atom. The number of benzene rings is 11. The van der Waals surface area contributed by atoms with Crippen molar-refractivity contribution in [2.45, 2.75) is 24.7 Å². The Balaban J connectivity index is 0.976. The van der Waals surface area contributed by atoms with Gasteiger partial charge in [0, 0.05) is 22.4 Å². The third kappa shape index (κ3) is 6.38. The van der Waals surface area contributed by atoms with Gasteiger partial charge in [-0.15, -0.1) is 0 Å². The van der Waals surface area contributed by atoms with Crippen molar-refractivity contribution in [3.05, 3.63) is 294 Å². The molecule has 0 fully saturated rings. The van der Waals surface area contributed by atoms with Gasteiger partial charge in [-0.3, -0.25) is 0 Å². The minimum absolute atomic E-state index is 0.119. The Morgan fingerprint density at radius 1 is 0.304 bits per heavy atom. The summed E-state index contributed by atoms with van der Waals surface area (Å²) < 4.78 is 0. The van der Waals surface area contributed by atoms with Gasteiger partial charge in [0.1, 0.15) is 0 Å². The first-order chi connectivity index (χ1) is 34.0. The third-order valence-electron chi connectivity index (χ3n) is 15.1. The molecule has 2 aliphatic carbocycles. The highest BCUT2D eigenvalue weighted by Gasteiger charge is 2.47. The summed E-state index contributed by atoms with van der Waals surface area (Å²) >= 11 is 0. The summed E-state index contributed by atoms with van der Waals surface area (Å²) in [6, 6.07) is 96.7. The predicted molar refractivity (Wildman–Crippen MR) is 290 cm³/mol. The summed E-state index contributed by atoms with van der Waals surface area (Å²) in [5.41, 5.74) is 23.0. The Kier molecular flexibility index (Phi) is 9.49. The molecule has 0 spiro atoms. The zero-order chi connectivity index (χ0) is 46.1. The average molecular weight is 880 g/mol. The lowest BCUT2D eigenvalue weighted by molar-refractivity contribution is 0.662. The Morgan fingerprint density at radius 3 is 1.51 bits per heavy atom. The van der Waals surface area contributed by atoms with Crippen LogP contribution in [-0.2, 0) is 10.8 Å². The molecule has 0 bridgehead atoms. The molecule has 0 radical (unpaired) electrons. The maximum absolute atomic E-state index is 2.48. The molecule has 1 nitrogen and oxygen atoms in total. The van der Waals surface area contributed by atoms with E-state index in [0.717, 1.165) is 17.1 Å². The first kappa shape index (κ1) is 40.7. The molecule has 0 N–H and O–H groups in total. The van der Waals surface area contributed by atoms with Gasteiger partial charge in [-0.1, -0.05) is 232 Å². The summed E-state index contributed by atoms with van der Waals surface area (Å²) in [4.78, 5) is 2.48. The van der Waals surface area contributed by atoms with Crippen LogP contribution in [0.4, 0.5) is 17.1 Å². The van der Waals surface area contributed by atoms with Crippen molar-refractivity contribution >= 4 is 27.8 Å². The van der Waals surface area contributed by atoms with Gasteiger partial charge in [0.05, 0.1) is 11.1 Å². The minimum Gasteiger partial charge on any atom is -0.310 e. The second-order valence-corrected chi connectivity index (χ2v) is 19.2. The van der Waals surface area contributed by atoms with Gasteiger partial charge in [0.15, 0.2) is 0 Å². The van der Waals surface area contributed by atoms with Crippen molar-refractivity contribution in [3.8, 4) is 55.6 Å². The van der Waals surface area contributed by atoms with Gasteiger partial charge in [-0.25, -0.2) is 0 Å². The fourth-order valence-corrected chi connectivity index (χ4v) is 12.0. The largest absolute Gasteiger partial charge is 0.310 e. The van der Waals surface area contributed by atoms with E-state index in [0.29, 0.717) is 0 Å². The number of nitrogens with zero attached hydrogens (tertiary/aromatic N) is 1. The van der Waals surface area contributed by atoms with Crippen molar-refractivity contribution in [1.82, 2.24) is 0 Å². The molecular weight excluding hydrogens is 831 g/mol. The molecule has 69 heavy (non-hydrogen) atoms. The van der Waals surface area contributed by atoms with Crippen LogP contribution < -0.4 is 4.90 Å². The first-order valence-electron chi connectivity index (χ1n) is 24.2. The van der Waals surface area contributed by atoms with Crippen LogP contribution in [0.1, 0.15) is 47.2 Å². The van der Waals surface area contributed by atoms with Crippen molar-refractivity contribution in [3.63, 3.8) is 0 Å². The smallest absolute Gasteiger partial charge is 0.0714 e. The molecule has 2 aliphatic rings. The van der Waals surface area contributed by atoms with Crippen molar-refractivity contribution in [1.29, 1.82) is 0 Å². The van der Waals surface area contributed by atoms with E-state index in [9.17, 15) is 0 Å². The van der Waals surface area contributed by atoms with Crippen LogP contribution in [0.3, 0.4) is 0 Å².